The van der Waals surface area contributed by atoms with Gasteiger partial charge in [-0.05, 0) is 0 Å². The minimum absolute atomic E-state index is 2.58. The first-order chi connectivity index (χ1) is 5.28. The second-order valence-electron chi connectivity index (χ2n) is 2.15. The van der Waals surface area contributed by atoms with Crippen LogP contribution in [0.15, 0.2) is 0 Å². The number of hydrogen-bond donors (Lipinski definition) is 0. The van der Waals surface area contributed by atoms with Crippen LogP contribution in [0.4, 0.5) is 30.7 Å². The molecule has 0 atom stereocenters. The van der Waals surface area contributed by atoms with Crippen molar-refractivity contribution in [3.8, 4) is 0 Å². The molecule has 0 aromatic heterocycles. The molecule has 0 aliphatic carbocycles. The summed E-state index contributed by atoms with van der Waals surface area (Å²) in [5.41, 5.74) is 0. The number of hydrogen-bond acceptors (Lipinski definition) is 0. The van der Waals surface area contributed by atoms with Gasteiger partial charge in [-0.2, -0.15) is 0 Å². The second kappa shape index (κ2) is 3.49. The maximum Gasteiger partial charge on any atom is 0.312 e. The average Bonchev–Trinajstić information content (AvgIpc) is 2.03. The Bertz CT molecular complexity index is 127. The van der Waals surface area contributed by atoms with Crippen LogP contribution >= 0.6 is 0 Å². The average molecular weight is 198 g/mol. The topological polar surface area (TPSA) is 0 Å². The Morgan fingerprint density at radius 3 is 1.25 bits per heavy atom. The largest absolute Gasteiger partial charge is 0.312 e. The maximum atomic E-state index is 12.0. The van der Waals surface area contributed by atoms with Crippen LogP contribution in [0.2, 0.25) is 0 Å². The van der Waals surface area contributed by atoms with Gasteiger partial charge in [0.25, 0.3) is 0 Å². The van der Waals surface area contributed by atoms with Gasteiger partial charge in [0.2, 0.25) is 6.17 Å². The standard InChI is InChI=1S/C5H5F7/c6-1-4(9,10)3(8)5(11,12)2-7/h3H,1-2H2. The highest BCUT2D eigenvalue weighted by molar-refractivity contribution is 4.88. The Hall–Kier alpha value is -0.490. The molecule has 0 aliphatic rings. The van der Waals surface area contributed by atoms with Gasteiger partial charge in [-0.15, -0.1) is 0 Å². The van der Waals surface area contributed by atoms with Crippen molar-refractivity contribution in [1.82, 2.24) is 0 Å². The van der Waals surface area contributed by atoms with E-state index in [-0.39, 0.29) is 0 Å². The molecular formula is C5H5F7. The van der Waals surface area contributed by atoms with Crippen LogP contribution < -0.4 is 0 Å². The van der Waals surface area contributed by atoms with Crippen LogP contribution in [0, 0.1) is 0 Å². The Labute approximate surface area is 63.4 Å². The molecule has 0 nitrogen and oxygen atoms in total. The molecule has 0 N–H and O–H groups in total. The third-order valence-corrected chi connectivity index (χ3v) is 1.10. The molecule has 0 saturated heterocycles. The highest BCUT2D eigenvalue weighted by atomic mass is 19.3. The smallest absolute Gasteiger partial charge is 0.244 e. The third-order valence-electron chi connectivity index (χ3n) is 1.10. The number of halogens is 7. The summed E-state index contributed by atoms with van der Waals surface area (Å²) in [5.74, 6) is -9.68. The maximum absolute atomic E-state index is 12.0. The molecule has 0 heterocycles. The van der Waals surface area contributed by atoms with Gasteiger partial charge >= 0.3 is 11.8 Å². The summed E-state index contributed by atoms with van der Waals surface area (Å²) < 4.78 is 81.8. The summed E-state index contributed by atoms with van der Waals surface area (Å²) in [6.45, 7) is -5.16. The van der Waals surface area contributed by atoms with Crippen molar-refractivity contribution in [3.05, 3.63) is 0 Å². The normalized spacial score (nSPS) is 14.0. The molecule has 74 valence electrons. The van der Waals surface area contributed by atoms with Crippen LogP contribution in [0.5, 0.6) is 0 Å². The van der Waals surface area contributed by atoms with E-state index in [1.807, 2.05) is 0 Å². The molecule has 0 aromatic rings. The van der Waals surface area contributed by atoms with Crippen molar-refractivity contribution in [2.45, 2.75) is 18.0 Å². The van der Waals surface area contributed by atoms with E-state index in [0.29, 0.717) is 0 Å². The summed E-state index contributed by atoms with van der Waals surface area (Å²) in [6, 6.07) is 0. The van der Waals surface area contributed by atoms with E-state index in [1.165, 1.54) is 0 Å². The summed E-state index contributed by atoms with van der Waals surface area (Å²) in [5, 5.41) is 0. The van der Waals surface area contributed by atoms with E-state index in [0.717, 1.165) is 0 Å². The Morgan fingerprint density at radius 1 is 0.833 bits per heavy atom. The SMILES string of the molecule is FCC(F)(F)C(F)C(F)(F)CF. The van der Waals surface area contributed by atoms with Gasteiger partial charge in [0.15, 0.2) is 13.3 Å². The van der Waals surface area contributed by atoms with Crippen molar-refractivity contribution < 1.29 is 30.7 Å². The van der Waals surface area contributed by atoms with Crippen molar-refractivity contribution in [3.63, 3.8) is 0 Å². The van der Waals surface area contributed by atoms with Crippen molar-refractivity contribution in [2.75, 3.05) is 13.3 Å². The molecular weight excluding hydrogens is 193 g/mol. The molecule has 0 fully saturated rings. The predicted octanol–water partition coefficient (Wildman–Crippen LogP) is 2.53. The van der Waals surface area contributed by atoms with E-state index in [2.05, 4.69) is 0 Å². The van der Waals surface area contributed by atoms with Crippen molar-refractivity contribution in [2.24, 2.45) is 0 Å². The monoisotopic (exact) mass is 198 g/mol. The first kappa shape index (κ1) is 11.5. The molecule has 0 spiro atoms. The molecule has 7 heteroatoms. The quantitative estimate of drug-likeness (QED) is 0.609. The van der Waals surface area contributed by atoms with Gasteiger partial charge < -0.3 is 0 Å². The molecule has 0 saturated carbocycles. The van der Waals surface area contributed by atoms with Crippen molar-refractivity contribution in [1.29, 1.82) is 0 Å². The van der Waals surface area contributed by atoms with Crippen LogP contribution in [-0.2, 0) is 0 Å². The van der Waals surface area contributed by atoms with Gasteiger partial charge in [-0.25, -0.2) is 30.7 Å². The lowest BCUT2D eigenvalue weighted by Gasteiger charge is -2.23. The fourth-order valence-corrected chi connectivity index (χ4v) is 0.444. The molecule has 0 unspecified atom stereocenters. The van der Waals surface area contributed by atoms with E-state index in [1.54, 1.807) is 0 Å². The Balaban J connectivity index is 4.47. The summed E-state index contributed by atoms with van der Waals surface area (Å²) >= 11 is 0. The zero-order chi connectivity index (χ0) is 9.99. The first-order valence-corrected chi connectivity index (χ1v) is 2.79. The molecule has 0 aliphatic heterocycles. The second-order valence-corrected chi connectivity index (χ2v) is 2.15. The van der Waals surface area contributed by atoms with Crippen LogP contribution in [-0.4, -0.2) is 31.4 Å². The van der Waals surface area contributed by atoms with Gasteiger partial charge in [-0.3, -0.25) is 0 Å². The molecule has 0 aromatic carbocycles. The number of alkyl halides is 7. The molecule has 0 radical (unpaired) electrons. The lowest BCUT2D eigenvalue weighted by Crippen LogP contribution is -2.46. The number of rotatable bonds is 4. The Morgan fingerprint density at radius 2 is 1.08 bits per heavy atom. The first-order valence-electron chi connectivity index (χ1n) is 2.79. The van der Waals surface area contributed by atoms with Crippen LogP contribution in [0.25, 0.3) is 0 Å². The molecule has 12 heavy (non-hydrogen) atoms. The fraction of sp³-hybridized carbons (Fsp3) is 1.00. The fourth-order valence-electron chi connectivity index (χ4n) is 0.444. The third kappa shape index (κ3) is 2.25. The minimum atomic E-state index is -4.84. The van der Waals surface area contributed by atoms with E-state index >= 15 is 0 Å². The van der Waals surface area contributed by atoms with Gasteiger partial charge in [0.1, 0.15) is 0 Å². The van der Waals surface area contributed by atoms with Gasteiger partial charge in [-0.1, -0.05) is 0 Å². The summed E-state index contributed by atoms with van der Waals surface area (Å²) in [4.78, 5) is 0. The zero-order valence-electron chi connectivity index (χ0n) is 5.64. The van der Waals surface area contributed by atoms with Gasteiger partial charge in [0.05, 0.1) is 0 Å². The van der Waals surface area contributed by atoms with Crippen LogP contribution in [0.1, 0.15) is 0 Å². The lowest BCUT2D eigenvalue weighted by molar-refractivity contribution is -0.192. The summed E-state index contributed by atoms with van der Waals surface area (Å²) in [6.07, 6.45) is -4.12. The van der Waals surface area contributed by atoms with E-state index in [4.69, 9.17) is 0 Å². The van der Waals surface area contributed by atoms with Gasteiger partial charge in [0, 0.05) is 0 Å². The highest BCUT2D eigenvalue weighted by Gasteiger charge is 2.56. The molecule has 0 rings (SSSR count). The predicted molar refractivity (Wildman–Crippen MR) is 26.7 cm³/mol. The molecule has 0 amide bonds. The Kier molecular flexibility index (Phi) is 3.34. The van der Waals surface area contributed by atoms with E-state index < -0.39 is 31.4 Å². The zero-order valence-corrected chi connectivity index (χ0v) is 5.64. The van der Waals surface area contributed by atoms with Crippen molar-refractivity contribution >= 4 is 0 Å². The highest BCUT2D eigenvalue weighted by Crippen LogP contribution is 2.34. The van der Waals surface area contributed by atoms with Crippen LogP contribution in [0.3, 0.4) is 0 Å². The molecule has 0 bridgehead atoms. The summed E-state index contributed by atoms with van der Waals surface area (Å²) in [7, 11) is 0. The minimum Gasteiger partial charge on any atom is -0.244 e. The lowest BCUT2D eigenvalue weighted by atomic mass is 10.1. The van der Waals surface area contributed by atoms with E-state index in [9.17, 15) is 30.7 Å².